The maximum atomic E-state index is 12.5. The fourth-order valence-electron chi connectivity index (χ4n) is 2.96. The van der Waals surface area contributed by atoms with Gasteiger partial charge >= 0.3 is 19.8 Å². The normalized spacial score (nSPS) is 17.8. The topological polar surface area (TPSA) is 146 Å². The van der Waals surface area contributed by atoms with Crippen LogP contribution in [-0.2, 0) is 42.3 Å². The number of ether oxygens (including phenoxy) is 2. The van der Waals surface area contributed by atoms with Crippen LogP contribution in [0.15, 0.2) is 12.2 Å². The predicted octanol–water partition coefficient (Wildman–Crippen LogP) is 1.41. The van der Waals surface area contributed by atoms with E-state index in [2.05, 4.69) is 15.9 Å². The van der Waals surface area contributed by atoms with Crippen molar-refractivity contribution in [3.8, 4) is 0 Å². The van der Waals surface area contributed by atoms with Gasteiger partial charge < -0.3 is 18.9 Å². The number of amides is 2. The van der Waals surface area contributed by atoms with E-state index in [0.29, 0.717) is 11.0 Å². The summed E-state index contributed by atoms with van der Waals surface area (Å²) in [6.45, 7) is 4.26. The molecule has 0 aromatic heterocycles. The number of quaternary nitrogens is 1. The molecule has 12 nitrogen and oxygen atoms in total. The van der Waals surface area contributed by atoms with Crippen LogP contribution < -0.4 is 0 Å². The lowest BCUT2D eigenvalue weighted by molar-refractivity contribution is -0.870. The van der Waals surface area contributed by atoms with Crippen molar-refractivity contribution in [2.24, 2.45) is 5.41 Å². The highest BCUT2D eigenvalue weighted by Crippen LogP contribution is 2.43. The summed E-state index contributed by atoms with van der Waals surface area (Å²) >= 11 is 3.27. The molecule has 0 aromatic rings. The van der Waals surface area contributed by atoms with Crippen LogP contribution in [0.25, 0.3) is 0 Å². The van der Waals surface area contributed by atoms with Gasteiger partial charge in [-0.05, 0) is 27.2 Å². The number of carbonyl (C=O) groups excluding carboxylic acids is 4. The molecule has 2 unspecified atom stereocenters. The van der Waals surface area contributed by atoms with Crippen LogP contribution >= 0.6 is 23.8 Å². The highest BCUT2D eigenvalue weighted by atomic mass is 79.9. The molecule has 0 saturated carbocycles. The SMILES string of the molecule is CC(C)(CC(C)(Br)C(=O)OCCOP(=O)(O)OCC[N+](C)(C)[13CH3])C(=O)OCCN1C(=O)C=CC1=O. The van der Waals surface area contributed by atoms with Gasteiger partial charge in [-0.15, -0.1) is 0 Å². The first-order chi connectivity index (χ1) is 15.9. The van der Waals surface area contributed by atoms with E-state index in [9.17, 15) is 28.6 Å². The summed E-state index contributed by atoms with van der Waals surface area (Å²) in [5, 5.41) is 0. The molecule has 0 aliphatic carbocycles. The Bertz CT molecular complexity index is 864. The summed E-state index contributed by atoms with van der Waals surface area (Å²) in [4.78, 5) is 58.7. The van der Waals surface area contributed by atoms with Gasteiger partial charge in [0.2, 0.25) is 0 Å². The number of phosphoric acid groups is 1. The van der Waals surface area contributed by atoms with E-state index in [4.69, 9.17) is 18.5 Å². The van der Waals surface area contributed by atoms with Crippen molar-refractivity contribution in [1.29, 1.82) is 0 Å². The monoisotopic (exact) mass is 586 g/mol. The molecule has 200 valence electrons. The number of halogens is 1. The minimum absolute atomic E-state index is 0.00564. The summed E-state index contributed by atoms with van der Waals surface area (Å²) in [6.07, 6.45) is 2.27. The van der Waals surface area contributed by atoms with E-state index in [1.54, 1.807) is 13.8 Å². The van der Waals surface area contributed by atoms with Gasteiger partial charge in [0.25, 0.3) is 11.8 Å². The van der Waals surface area contributed by atoms with Gasteiger partial charge in [-0.2, -0.15) is 0 Å². The average Bonchev–Trinajstić information content (AvgIpc) is 3.01. The molecule has 0 spiro atoms. The number of nitrogens with zero attached hydrogens (tertiary/aromatic N) is 2. The number of hydrogen-bond donors (Lipinski definition) is 1. The van der Waals surface area contributed by atoms with Gasteiger partial charge in [-0.3, -0.25) is 33.1 Å². The lowest BCUT2D eigenvalue weighted by atomic mass is 9.83. The second kappa shape index (κ2) is 12.6. The summed E-state index contributed by atoms with van der Waals surface area (Å²) < 4.78 is 31.1. The second-order valence-corrected chi connectivity index (χ2v) is 13.0. The van der Waals surface area contributed by atoms with Crippen LogP contribution in [0.5, 0.6) is 0 Å². The number of alkyl halides is 1. The molecule has 0 aromatic carbocycles. The van der Waals surface area contributed by atoms with E-state index in [0.717, 1.165) is 17.1 Å². The molecular formula is C21H35BrN2O10P+. The Kier molecular flexibility index (Phi) is 11.3. The van der Waals surface area contributed by atoms with E-state index >= 15 is 0 Å². The average molecular weight is 587 g/mol. The molecule has 14 heteroatoms. The second-order valence-electron chi connectivity index (χ2n) is 9.84. The Labute approximate surface area is 213 Å². The molecule has 1 aliphatic rings. The molecular weight excluding hydrogens is 552 g/mol. The zero-order chi connectivity index (χ0) is 27.1. The van der Waals surface area contributed by atoms with E-state index in [1.165, 1.54) is 6.92 Å². The standard InChI is InChI=1S/C21H34BrN2O10P/c1-20(2,18(27)31-11-9-23-16(25)7-8-17(23)26)15-21(3,22)19(28)32-13-14-34-35(29,30)33-12-10-24(4,5)6/h7-8H,9-15H2,1-6H3/p+1/i4+1. The minimum atomic E-state index is -4.28. The van der Waals surface area contributed by atoms with Gasteiger partial charge in [0, 0.05) is 12.2 Å². The molecule has 1 heterocycles. The van der Waals surface area contributed by atoms with Crippen LogP contribution in [0.4, 0.5) is 0 Å². The van der Waals surface area contributed by atoms with Crippen molar-refractivity contribution in [3.63, 3.8) is 0 Å². The number of likely N-dealkylation sites (N-methyl/N-ethyl adjacent to an activating group) is 1. The van der Waals surface area contributed by atoms with Crippen molar-refractivity contribution in [3.05, 3.63) is 12.2 Å². The Balaban J connectivity index is 2.43. The lowest BCUT2D eigenvalue weighted by Gasteiger charge is -2.30. The van der Waals surface area contributed by atoms with Crippen LogP contribution in [0.1, 0.15) is 27.2 Å². The molecule has 0 bridgehead atoms. The fraction of sp³-hybridized carbons (Fsp3) is 0.714. The number of hydrogen-bond acceptors (Lipinski definition) is 9. The zero-order valence-electron chi connectivity index (χ0n) is 20.9. The summed E-state index contributed by atoms with van der Waals surface area (Å²) in [7, 11) is 1.43. The number of carbonyl (C=O) groups is 4. The highest BCUT2D eigenvalue weighted by molar-refractivity contribution is 9.10. The highest BCUT2D eigenvalue weighted by Gasteiger charge is 2.42. The van der Waals surface area contributed by atoms with Crippen molar-refractivity contribution < 1.29 is 51.6 Å². The molecule has 2 atom stereocenters. The summed E-state index contributed by atoms with van der Waals surface area (Å²) in [5.74, 6) is -2.28. The number of phosphoric ester groups is 1. The first kappa shape index (κ1) is 31.4. The van der Waals surface area contributed by atoms with Gasteiger partial charge in [0.1, 0.15) is 30.7 Å². The molecule has 1 aliphatic heterocycles. The van der Waals surface area contributed by atoms with E-state index < -0.39 is 41.3 Å². The largest absolute Gasteiger partial charge is 0.472 e. The van der Waals surface area contributed by atoms with Gasteiger partial charge in [-0.25, -0.2) is 4.57 Å². The number of esters is 2. The van der Waals surface area contributed by atoms with Gasteiger partial charge in [-0.1, -0.05) is 15.9 Å². The van der Waals surface area contributed by atoms with Crippen LogP contribution in [-0.4, -0.2) is 103 Å². The molecule has 1 rings (SSSR count). The smallest absolute Gasteiger partial charge is 0.463 e. The third kappa shape index (κ3) is 11.3. The third-order valence-corrected chi connectivity index (χ3v) is 6.41. The van der Waals surface area contributed by atoms with Crippen molar-refractivity contribution >= 4 is 47.5 Å². The minimum Gasteiger partial charge on any atom is -0.463 e. The van der Waals surface area contributed by atoms with Crippen LogP contribution in [0.2, 0.25) is 0 Å². The first-order valence-corrected chi connectivity index (χ1v) is 13.1. The Morgan fingerprint density at radius 1 is 0.971 bits per heavy atom. The molecule has 0 radical (unpaired) electrons. The first-order valence-electron chi connectivity index (χ1n) is 10.9. The third-order valence-electron chi connectivity index (χ3n) is 4.79. The zero-order valence-corrected chi connectivity index (χ0v) is 23.4. The quantitative estimate of drug-likeness (QED) is 0.0568. The van der Waals surface area contributed by atoms with Crippen molar-refractivity contribution in [2.45, 2.75) is 31.5 Å². The van der Waals surface area contributed by atoms with Crippen LogP contribution in [0, 0.1) is 5.41 Å². The summed E-state index contributed by atoms with van der Waals surface area (Å²) in [5.41, 5.74) is -1.12. The van der Waals surface area contributed by atoms with Crippen LogP contribution in [0.3, 0.4) is 0 Å². The maximum Gasteiger partial charge on any atom is 0.472 e. The molecule has 0 fully saturated rings. The molecule has 2 amide bonds. The van der Waals surface area contributed by atoms with Crippen molar-refractivity contribution in [2.75, 3.05) is 60.7 Å². The molecule has 1 N–H and O–H groups in total. The van der Waals surface area contributed by atoms with Gasteiger partial charge in [0.15, 0.2) is 0 Å². The predicted molar refractivity (Wildman–Crippen MR) is 128 cm³/mol. The Hall–Kier alpha value is -1.63. The van der Waals surface area contributed by atoms with Gasteiger partial charge in [0.05, 0.1) is 39.7 Å². The Morgan fingerprint density at radius 2 is 1.49 bits per heavy atom. The van der Waals surface area contributed by atoms with E-state index in [1.807, 2.05) is 21.1 Å². The van der Waals surface area contributed by atoms with E-state index in [-0.39, 0.29) is 39.4 Å². The van der Waals surface area contributed by atoms with Crippen molar-refractivity contribution in [1.82, 2.24) is 4.90 Å². The number of rotatable bonds is 15. The molecule has 0 saturated heterocycles. The lowest BCUT2D eigenvalue weighted by Crippen LogP contribution is -2.41. The maximum absolute atomic E-state index is 12.5. The molecule has 35 heavy (non-hydrogen) atoms. The fourth-order valence-corrected chi connectivity index (χ4v) is 4.46. The Morgan fingerprint density at radius 3 is 2.03 bits per heavy atom. The summed E-state index contributed by atoms with van der Waals surface area (Å²) in [6, 6.07) is 0. The number of imide groups is 1.